The number of carbonyl (C=O) groups excluding carboxylic acids is 1. The molecule has 0 fully saturated rings. The number of ether oxygens (including phenoxy) is 1. The summed E-state index contributed by atoms with van der Waals surface area (Å²) in [6, 6.07) is 14.5. The molecule has 25 heavy (non-hydrogen) atoms. The van der Waals surface area contributed by atoms with Crippen molar-refractivity contribution in [2.24, 2.45) is 0 Å². The molecule has 6 nitrogen and oxygen atoms in total. The van der Waals surface area contributed by atoms with Crippen molar-refractivity contribution < 1.29 is 9.53 Å². The van der Waals surface area contributed by atoms with Crippen LogP contribution in [0.1, 0.15) is 0 Å². The molecule has 2 aromatic carbocycles. The lowest BCUT2D eigenvalue weighted by molar-refractivity contribution is -0.121. The first kappa shape index (κ1) is 17.2. The zero-order chi connectivity index (χ0) is 17.6. The third-order valence-corrected chi connectivity index (χ3v) is 4.03. The third kappa shape index (κ3) is 4.45. The normalized spacial score (nSPS) is 10.6. The van der Waals surface area contributed by atoms with Gasteiger partial charge in [0.25, 0.3) is 5.56 Å². The van der Waals surface area contributed by atoms with Gasteiger partial charge in [-0.25, -0.2) is 4.98 Å². The van der Waals surface area contributed by atoms with Crippen LogP contribution in [0.15, 0.2) is 64.1 Å². The van der Waals surface area contributed by atoms with E-state index in [9.17, 15) is 9.59 Å². The van der Waals surface area contributed by atoms with E-state index >= 15 is 0 Å². The van der Waals surface area contributed by atoms with E-state index in [0.29, 0.717) is 24.1 Å². The van der Waals surface area contributed by atoms with Crippen LogP contribution >= 0.6 is 15.9 Å². The number of nitrogens with zero attached hydrogens (tertiary/aromatic N) is 2. The van der Waals surface area contributed by atoms with Crippen LogP contribution in [0.3, 0.4) is 0 Å². The summed E-state index contributed by atoms with van der Waals surface area (Å²) in [5.41, 5.74) is 0.387. The topological polar surface area (TPSA) is 73.2 Å². The average molecular weight is 402 g/mol. The molecule has 0 spiro atoms. The molecule has 0 aliphatic carbocycles. The monoisotopic (exact) mass is 401 g/mol. The lowest BCUT2D eigenvalue weighted by atomic mass is 10.2. The Balaban J connectivity index is 1.53. The van der Waals surface area contributed by atoms with Gasteiger partial charge in [0.1, 0.15) is 18.9 Å². The van der Waals surface area contributed by atoms with Crippen molar-refractivity contribution >= 4 is 32.7 Å². The summed E-state index contributed by atoms with van der Waals surface area (Å²) >= 11 is 3.37. The van der Waals surface area contributed by atoms with Crippen LogP contribution in [0.25, 0.3) is 10.9 Å². The highest BCUT2D eigenvalue weighted by molar-refractivity contribution is 9.10. The molecule has 7 heteroatoms. The number of halogens is 1. The Labute approximate surface area is 152 Å². The number of para-hydroxylation sites is 1. The number of amides is 1. The average Bonchev–Trinajstić information content (AvgIpc) is 2.61. The number of hydrogen-bond acceptors (Lipinski definition) is 4. The van der Waals surface area contributed by atoms with Crippen LogP contribution in [0, 0.1) is 0 Å². The number of hydrogen-bond donors (Lipinski definition) is 1. The van der Waals surface area contributed by atoms with E-state index in [4.69, 9.17) is 4.74 Å². The molecular formula is C18H16BrN3O3. The van der Waals surface area contributed by atoms with Gasteiger partial charge in [0.2, 0.25) is 5.91 Å². The van der Waals surface area contributed by atoms with Crippen molar-refractivity contribution in [3.8, 4) is 5.75 Å². The first-order chi connectivity index (χ1) is 12.1. The van der Waals surface area contributed by atoms with E-state index in [1.165, 1.54) is 10.9 Å². The number of benzene rings is 2. The van der Waals surface area contributed by atoms with Gasteiger partial charge < -0.3 is 10.1 Å². The number of aromatic nitrogens is 2. The molecule has 0 saturated heterocycles. The van der Waals surface area contributed by atoms with Crippen molar-refractivity contribution in [2.45, 2.75) is 6.54 Å². The summed E-state index contributed by atoms with van der Waals surface area (Å²) in [4.78, 5) is 28.5. The van der Waals surface area contributed by atoms with Crippen molar-refractivity contribution in [3.63, 3.8) is 0 Å². The Hall–Kier alpha value is -2.67. The summed E-state index contributed by atoms with van der Waals surface area (Å²) in [7, 11) is 0. The van der Waals surface area contributed by atoms with Gasteiger partial charge >= 0.3 is 0 Å². The van der Waals surface area contributed by atoms with Crippen LogP contribution in [0.2, 0.25) is 0 Å². The summed E-state index contributed by atoms with van der Waals surface area (Å²) in [5.74, 6) is 0.454. The lowest BCUT2D eigenvalue weighted by Gasteiger charge is -2.09. The third-order valence-electron chi connectivity index (χ3n) is 3.53. The van der Waals surface area contributed by atoms with E-state index in [-0.39, 0.29) is 18.0 Å². The highest BCUT2D eigenvalue weighted by Crippen LogP contribution is 2.17. The Bertz CT molecular complexity index is 955. The van der Waals surface area contributed by atoms with Crippen LogP contribution in [-0.4, -0.2) is 28.6 Å². The molecule has 1 heterocycles. The van der Waals surface area contributed by atoms with E-state index in [1.54, 1.807) is 18.2 Å². The fourth-order valence-electron chi connectivity index (χ4n) is 2.35. The fraction of sp³-hybridized carbons (Fsp3) is 0.167. The molecule has 0 atom stereocenters. The van der Waals surface area contributed by atoms with E-state index < -0.39 is 0 Å². The Morgan fingerprint density at radius 1 is 1.20 bits per heavy atom. The Kier molecular flexibility index (Phi) is 5.45. The van der Waals surface area contributed by atoms with E-state index in [0.717, 1.165) is 10.2 Å². The number of fused-ring (bicyclic) bond motifs is 1. The number of carbonyl (C=O) groups is 1. The van der Waals surface area contributed by atoms with Gasteiger partial charge in [-0.1, -0.05) is 34.1 Å². The summed E-state index contributed by atoms with van der Waals surface area (Å²) in [6.45, 7) is 0.613. The molecule has 0 saturated carbocycles. The maximum Gasteiger partial charge on any atom is 0.261 e. The summed E-state index contributed by atoms with van der Waals surface area (Å²) in [6.07, 6.45) is 1.39. The maximum absolute atomic E-state index is 12.3. The second kappa shape index (κ2) is 7.94. The standard InChI is InChI=1S/C18H16BrN3O3/c19-13-4-3-5-14(10-13)25-9-8-20-17(23)11-22-12-21-16-7-2-1-6-15(16)18(22)24/h1-7,10,12H,8-9,11H2,(H,20,23). The molecule has 0 radical (unpaired) electrons. The van der Waals surface area contributed by atoms with Gasteiger partial charge in [-0.3, -0.25) is 14.2 Å². The maximum atomic E-state index is 12.3. The quantitative estimate of drug-likeness (QED) is 0.643. The Morgan fingerprint density at radius 2 is 2.04 bits per heavy atom. The fourth-order valence-corrected chi connectivity index (χ4v) is 2.72. The van der Waals surface area contributed by atoms with Gasteiger partial charge in [0, 0.05) is 4.47 Å². The predicted octanol–water partition coefficient (Wildman–Crippen LogP) is 2.35. The Morgan fingerprint density at radius 3 is 2.88 bits per heavy atom. The van der Waals surface area contributed by atoms with E-state index in [1.807, 2.05) is 30.3 Å². The molecule has 1 aromatic heterocycles. The second-order valence-corrected chi connectivity index (χ2v) is 6.27. The minimum Gasteiger partial charge on any atom is -0.492 e. The molecule has 3 rings (SSSR count). The van der Waals surface area contributed by atoms with Crippen LogP contribution in [0.5, 0.6) is 5.75 Å². The summed E-state index contributed by atoms with van der Waals surface area (Å²) in [5, 5.41) is 3.22. The van der Waals surface area contributed by atoms with Crippen LogP contribution < -0.4 is 15.6 Å². The highest BCUT2D eigenvalue weighted by atomic mass is 79.9. The van der Waals surface area contributed by atoms with Crippen LogP contribution in [0.4, 0.5) is 0 Å². The zero-order valence-electron chi connectivity index (χ0n) is 13.3. The van der Waals surface area contributed by atoms with Gasteiger partial charge in [0.05, 0.1) is 23.8 Å². The first-order valence-corrected chi connectivity index (χ1v) is 8.52. The number of rotatable bonds is 6. The second-order valence-electron chi connectivity index (χ2n) is 5.35. The van der Waals surface area contributed by atoms with Crippen molar-refractivity contribution in [3.05, 3.63) is 69.7 Å². The molecule has 0 aliphatic rings. The smallest absolute Gasteiger partial charge is 0.261 e. The molecule has 1 amide bonds. The predicted molar refractivity (Wildman–Crippen MR) is 98.6 cm³/mol. The van der Waals surface area contributed by atoms with Gasteiger partial charge in [-0.15, -0.1) is 0 Å². The van der Waals surface area contributed by atoms with Gasteiger partial charge in [0.15, 0.2) is 0 Å². The zero-order valence-corrected chi connectivity index (χ0v) is 14.9. The minimum absolute atomic E-state index is 0.0758. The minimum atomic E-state index is -0.267. The number of nitrogens with one attached hydrogen (secondary N) is 1. The molecule has 0 bridgehead atoms. The lowest BCUT2D eigenvalue weighted by Crippen LogP contribution is -2.34. The summed E-state index contributed by atoms with van der Waals surface area (Å²) < 4.78 is 7.77. The first-order valence-electron chi connectivity index (χ1n) is 7.73. The van der Waals surface area contributed by atoms with Gasteiger partial charge in [-0.2, -0.15) is 0 Å². The van der Waals surface area contributed by atoms with Crippen LogP contribution in [-0.2, 0) is 11.3 Å². The SMILES string of the molecule is O=C(Cn1cnc2ccccc2c1=O)NCCOc1cccc(Br)c1. The largest absolute Gasteiger partial charge is 0.492 e. The molecule has 128 valence electrons. The molecular weight excluding hydrogens is 386 g/mol. The van der Waals surface area contributed by atoms with Crippen molar-refractivity contribution in [1.82, 2.24) is 14.9 Å². The molecule has 0 aliphatic heterocycles. The van der Waals surface area contributed by atoms with Crippen molar-refractivity contribution in [2.75, 3.05) is 13.2 Å². The molecule has 1 N–H and O–H groups in total. The van der Waals surface area contributed by atoms with Crippen molar-refractivity contribution in [1.29, 1.82) is 0 Å². The highest BCUT2D eigenvalue weighted by Gasteiger charge is 2.07. The van der Waals surface area contributed by atoms with Gasteiger partial charge in [-0.05, 0) is 30.3 Å². The van der Waals surface area contributed by atoms with E-state index in [2.05, 4.69) is 26.2 Å². The molecule has 3 aromatic rings. The molecule has 0 unspecified atom stereocenters.